The third kappa shape index (κ3) is 7.62. The van der Waals surface area contributed by atoms with Crippen molar-refractivity contribution in [1.82, 2.24) is 5.43 Å². The summed E-state index contributed by atoms with van der Waals surface area (Å²) in [6.07, 6.45) is 0. The van der Waals surface area contributed by atoms with Crippen LogP contribution in [0.2, 0.25) is 0 Å². The van der Waals surface area contributed by atoms with Crippen LogP contribution in [0, 0.1) is 0 Å². The van der Waals surface area contributed by atoms with E-state index < -0.39 is 0 Å². The van der Waals surface area contributed by atoms with Gasteiger partial charge in [0.05, 0.1) is 33.0 Å². The molecule has 1 amide bonds. The fraction of sp³-hybridized carbons (Fsp3) is 0.500. The van der Waals surface area contributed by atoms with Crippen LogP contribution in [0.1, 0.15) is 10.4 Å². The number of hydrazine groups is 1. The summed E-state index contributed by atoms with van der Waals surface area (Å²) in [6, 6.07) is 6.70. The molecule has 0 aliphatic heterocycles. The Balaban J connectivity index is 2.06. The van der Waals surface area contributed by atoms with Gasteiger partial charge in [-0.1, -0.05) is 0 Å². The van der Waals surface area contributed by atoms with Gasteiger partial charge >= 0.3 is 0 Å². The SMILES string of the molecule is COCCOCCOCCOc1ccc(C(=O)NN)cc1. The summed E-state index contributed by atoms with van der Waals surface area (Å²) in [6.45, 7) is 3.11. The fourth-order valence-corrected chi connectivity index (χ4v) is 1.47. The quantitative estimate of drug-likeness (QED) is 0.265. The van der Waals surface area contributed by atoms with Crippen LogP contribution in [-0.4, -0.2) is 52.7 Å². The molecule has 1 rings (SSSR count). The zero-order chi connectivity index (χ0) is 15.3. The Labute approximate surface area is 124 Å². The van der Waals surface area contributed by atoms with Crippen molar-refractivity contribution in [3.63, 3.8) is 0 Å². The molecule has 0 aromatic heterocycles. The van der Waals surface area contributed by atoms with Crippen molar-refractivity contribution in [1.29, 1.82) is 0 Å². The van der Waals surface area contributed by atoms with Gasteiger partial charge in [0.25, 0.3) is 5.91 Å². The van der Waals surface area contributed by atoms with Crippen molar-refractivity contribution in [3.8, 4) is 5.75 Å². The molecule has 0 bridgehead atoms. The summed E-state index contributed by atoms with van der Waals surface area (Å²) in [5, 5.41) is 0. The maximum absolute atomic E-state index is 11.2. The minimum absolute atomic E-state index is 0.335. The lowest BCUT2D eigenvalue weighted by Gasteiger charge is -2.08. The van der Waals surface area contributed by atoms with Crippen LogP contribution in [0.5, 0.6) is 5.75 Å². The monoisotopic (exact) mass is 298 g/mol. The van der Waals surface area contributed by atoms with E-state index in [9.17, 15) is 4.79 Å². The van der Waals surface area contributed by atoms with Crippen molar-refractivity contribution in [2.24, 2.45) is 5.84 Å². The standard InChI is InChI=1S/C14H22N2O5/c1-18-6-7-19-8-9-20-10-11-21-13-4-2-12(3-5-13)14(17)16-15/h2-5H,6-11,15H2,1H3,(H,16,17). The Morgan fingerprint density at radius 3 is 2.14 bits per heavy atom. The molecular formula is C14H22N2O5. The molecule has 3 N–H and O–H groups in total. The predicted octanol–water partition coefficient (Wildman–Crippen LogP) is 0.349. The highest BCUT2D eigenvalue weighted by Gasteiger charge is 2.02. The van der Waals surface area contributed by atoms with Crippen molar-refractivity contribution < 1.29 is 23.7 Å². The molecule has 0 radical (unpaired) electrons. The second-order valence-electron chi connectivity index (χ2n) is 4.06. The first-order chi connectivity index (χ1) is 10.3. The molecule has 0 aliphatic rings. The number of nitrogens with one attached hydrogen (secondary N) is 1. The largest absolute Gasteiger partial charge is 0.491 e. The number of nitrogens with two attached hydrogens (primary N) is 1. The summed E-state index contributed by atoms with van der Waals surface area (Å²) < 4.78 is 20.9. The topological polar surface area (TPSA) is 92.0 Å². The normalized spacial score (nSPS) is 10.4. The van der Waals surface area contributed by atoms with E-state index in [1.807, 2.05) is 0 Å². The highest BCUT2D eigenvalue weighted by Crippen LogP contribution is 2.11. The van der Waals surface area contributed by atoms with Gasteiger partial charge in [-0.2, -0.15) is 0 Å². The Morgan fingerprint density at radius 1 is 1.00 bits per heavy atom. The number of nitrogen functional groups attached to an aromatic ring is 1. The van der Waals surface area contributed by atoms with E-state index in [1.54, 1.807) is 31.4 Å². The molecule has 1 aromatic carbocycles. The number of benzene rings is 1. The Morgan fingerprint density at radius 2 is 1.57 bits per heavy atom. The van der Waals surface area contributed by atoms with E-state index in [1.165, 1.54) is 0 Å². The predicted molar refractivity (Wildman–Crippen MR) is 77.1 cm³/mol. The van der Waals surface area contributed by atoms with E-state index in [4.69, 9.17) is 24.8 Å². The van der Waals surface area contributed by atoms with Gasteiger partial charge in [-0.3, -0.25) is 10.2 Å². The summed E-state index contributed by atoms with van der Waals surface area (Å²) in [4.78, 5) is 11.2. The zero-order valence-corrected chi connectivity index (χ0v) is 12.2. The number of rotatable bonds is 11. The molecule has 7 nitrogen and oxygen atoms in total. The molecule has 118 valence electrons. The van der Waals surface area contributed by atoms with Crippen LogP contribution in [0.25, 0.3) is 0 Å². The van der Waals surface area contributed by atoms with Gasteiger partial charge in [0.2, 0.25) is 0 Å². The van der Waals surface area contributed by atoms with E-state index in [0.29, 0.717) is 51.0 Å². The van der Waals surface area contributed by atoms with E-state index in [-0.39, 0.29) is 5.91 Å². The Hall–Kier alpha value is -1.67. The summed E-state index contributed by atoms with van der Waals surface area (Å²) >= 11 is 0. The van der Waals surface area contributed by atoms with Crippen LogP contribution in [0.3, 0.4) is 0 Å². The average molecular weight is 298 g/mol. The molecular weight excluding hydrogens is 276 g/mol. The molecule has 7 heteroatoms. The molecule has 0 saturated heterocycles. The van der Waals surface area contributed by atoms with E-state index in [2.05, 4.69) is 5.43 Å². The Kier molecular flexibility index (Phi) is 9.14. The second kappa shape index (κ2) is 11.0. The van der Waals surface area contributed by atoms with Crippen LogP contribution >= 0.6 is 0 Å². The van der Waals surface area contributed by atoms with Crippen LogP contribution < -0.4 is 16.0 Å². The number of carbonyl (C=O) groups excluding carboxylic acids is 1. The first-order valence-electron chi connectivity index (χ1n) is 6.66. The third-order valence-electron chi connectivity index (χ3n) is 2.55. The summed E-state index contributed by atoms with van der Waals surface area (Å²) in [5.41, 5.74) is 2.55. The molecule has 0 spiro atoms. The smallest absolute Gasteiger partial charge is 0.265 e. The molecule has 0 saturated carbocycles. The number of amides is 1. The average Bonchev–Trinajstić information content (AvgIpc) is 2.53. The van der Waals surface area contributed by atoms with Gasteiger partial charge in [-0.15, -0.1) is 0 Å². The highest BCUT2D eigenvalue weighted by molar-refractivity contribution is 5.93. The lowest BCUT2D eigenvalue weighted by molar-refractivity contribution is 0.0180. The minimum atomic E-state index is -0.335. The van der Waals surface area contributed by atoms with E-state index in [0.717, 1.165) is 0 Å². The third-order valence-corrected chi connectivity index (χ3v) is 2.55. The molecule has 1 aromatic rings. The molecule has 21 heavy (non-hydrogen) atoms. The van der Waals surface area contributed by atoms with Gasteiger partial charge in [0.15, 0.2) is 0 Å². The fourth-order valence-electron chi connectivity index (χ4n) is 1.47. The van der Waals surface area contributed by atoms with Crippen LogP contribution in [0.4, 0.5) is 0 Å². The lowest BCUT2D eigenvalue weighted by Crippen LogP contribution is -2.29. The maximum atomic E-state index is 11.2. The number of carbonyl (C=O) groups is 1. The molecule has 0 fully saturated rings. The van der Waals surface area contributed by atoms with Gasteiger partial charge in [0, 0.05) is 12.7 Å². The first-order valence-corrected chi connectivity index (χ1v) is 6.66. The Bertz CT molecular complexity index is 397. The van der Waals surface area contributed by atoms with Crippen LogP contribution in [-0.2, 0) is 14.2 Å². The second-order valence-corrected chi connectivity index (χ2v) is 4.06. The highest BCUT2D eigenvalue weighted by atomic mass is 16.6. The number of methoxy groups -OCH3 is 1. The van der Waals surface area contributed by atoms with Crippen molar-refractivity contribution in [2.75, 3.05) is 46.8 Å². The van der Waals surface area contributed by atoms with E-state index >= 15 is 0 Å². The summed E-state index contributed by atoms with van der Waals surface area (Å²) in [5.74, 6) is 5.38. The number of hydrogen-bond donors (Lipinski definition) is 2. The van der Waals surface area contributed by atoms with Crippen molar-refractivity contribution in [2.45, 2.75) is 0 Å². The zero-order valence-electron chi connectivity index (χ0n) is 12.2. The van der Waals surface area contributed by atoms with Gasteiger partial charge in [-0.25, -0.2) is 5.84 Å². The minimum Gasteiger partial charge on any atom is -0.491 e. The first kappa shape index (κ1) is 17.4. The van der Waals surface area contributed by atoms with Crippen molar-refractivity contribution in [3.05, 3.63) is 29.8 Å². The molecule has 0 atom stereocenters. The maximum Gasteiger partial charge on any atom is 0.265 e. The molecule has 0 heterocycles. The lowest BCUT2D eigenvalue weighted by atomic mass is 10.2. The van der Waals surface area contributed by atoms with Crippen molar-refractivity contribution >= 4 is 5.91 Å². The van der Waals surface area contributed by atoms with Crippen LogP contribution in [0.15, 0.2) is 24.3 Å². The van der Waals surface area contributed by atoms with Gasteiger partial charge < -0.3 is 18.9 Å². The molecule has 0 aliphatic carbocycles. The summed E-state index contributed by atoms with van der Waals surface area (Å²) in [7, 11) is 1.63. The van der Waals surface area contributed by atoms with Gasteiger partial charge in [0.1, 0.15) is 12.4 Å². The van der Waals surface area contributed by atoms with Gasteiger partial charge in [-0.05, 0) is 24.3 Å². The molecule has 0 unspecified atom stereocenters. The number of ether oxygens (including phenoxy) is 4. The number of hydrogen-bond acceptors (Lipinski definition) is 6.